The largest absolute Gasteiger partial charge is 0.493 e. The number of methoxy groups -OCH3 is 2. The van der Waals surface area contributed by atoms with Gasteiger partial charge in [-0.2, -0.15) is 0 Å². The van der Waals surface area contributed by atoms with Crippen molar-refractivity contribution < 1.29 is 14.3 Å². The fourth-order valence-electron chi connectivity index (χ4n) is 2.41. The summed E-state index contributed by atoms with van der Waals surface area (Å²) >= 11 is 0. The van der Waals surface area contributed by atoms with E-state index in [1.807, 2.05) is 24.3 Å². The number of nitrogens with zero attached hydrogens (tertiary/aromatic N) is 1. The van der Waals surface area contributed by atoms with E-state index in [1.54, 1.807) is 18.2 Å². The van der Waals surface area contributed by atoms with Crippen LogP contribution in [0.15, 0.2) is 42.5 Å². The Balaban J connectivity index is 1.77. The van der Waals surface area contributed by atoms with E-state index in [-0.39, 0.29) is 5.91 Å². The highest BCUT2D eigenvalue weighted by molar-refractivity contribution is 5.97. The molecule has 0 bridgehead atoms. The Bertz CT molecular complexity index is 809. The Morgan fingerprint density at radius 2 is 1.96 bits per heavy atom. The van der Waals surface area contributed by atoms with Gasteiger partial charge in [0.25, 0.3) is 5.91 Å². The monoisotopic (exact) mass is 311 g/mol. The predicted octanol–water partition coefficient (Wildman–Crippen LogP) is 2.51. The van der Waals surface area contributed by atoms with Crippen molar-refractivity contribution in [2.24, 2.45) is 0 Å². The summed E-state index contributed by atoms with van der Waals surface area (Å²) in [5.41, 5.74) is 2.23. The standard InChI is InChI=1S/C17H17N3O3/c1-22-14-9-5-6-11(16(14)23-2)17(21)18-10-15-19-12-7-3-4-8-13(12)20-15/h3-9H,10H2,1-2H3,(H,18,21)(H,19,20). The lowest BCUT2D eigenvalue weighted by molar-refractivity contribution is 0.0946. The van der Waals surface area contributed by atoms with Gasteiger partial charge in [0.2, 0.25) is 0 Å². The zero-order chi connectivity index (χ0) is 16.2. The molecule has 0 atom stereocenters. The average Bonchev–Trinajstić information content (AvgIpc) is 3.01. The van der Waals surface area contributed by atoms with Crippen LogP contribution >= 0.6 is 0 Å². The zero-order valence-corrected chi connectivity index (χ0v) is 12.9. The third-order valence-corrected chi connectivity index (χ3v) is 3.50. The first-order valence-corrected chi connectivity index (χ1v) is 7.15. The van der Waals surface area contributed by atoms with E-state index in [4.69, 9.17) is 9.47 Å². The van der Waals surface area contributed by atoms with Crippen LogP contribution in [-0.4, -0.2) is 30.1 Å². The third-order valence-electron chi connectivity index (χ3n) is 3.50. The van der Waals surface area contributed by atoms with Crippen molar-refractivity contribution in [3.8, 4) is 11.5 Å². The van der Waals surface area contributed by atoms with Crippen LogP contribution in [0.2, 0.25) is 0 Å². The summed E-state index contributed by atoms with van der Waals surface area (Å²) in [6.07, 6.45) is 0. The molecule has 3 rings (SSSR count). The highest BCUT2D eigenvalue weighted by Gasteiger charge is 2.16. The van der Waals surface area contributed by atoms with Crippen LogP contribution in [0.1, 0.15) is 16.2 Å². The second kappa shape index (κ2) is 6.39. The SMILES string of the molecule is COc1cccc(C(=O)NCc2nc3ccccc3[nH]2)c1OC. The van der Waals surface area contributed by atoms with Crippen LogP contribution in [0, 0.1) is 0 Å². The van der Waals surface area contributed by atoms with Crippen LogP contribution in [0.5, 0.6) is 11.5 Å². The fraction of sp³-hybridized carbons (Fsp3) is 0.176. The first kappa shape index (κ1) is 14.9. The first-order chi connectivity index (χ1) is 11.2. The molecular formula is C17H17N3O3. The summed E-state index contributed by atoms with van der Waals surface area (Å²) in [7, 11) is 3.04. The molecule has 118 valence electrons. The van der Waals surface area contributed by atoms with Gasteiger partial charge >= 0.3 is 0 Å². The number of ether oxygens (including phenoxy) is 2. The highest BCUT2D eigenvalue weighted by atomic mass is 16.5. The smallest absolute Gasteiger partial charge is 0.255 e. The van der Waals surface area contributed by atoms with Crippen molar-refractivity contribution in [3.05, 3.63) is 53.9 Å². The maximum absolute atomic E-state index is 12.4. The van der Waals surface area contributed by atoms with Gasteiger partial charge < -0.3 is 19.8 Å². The molecule has 0 aliphatic rings. The number of hydrogen-bond donors (Lipinski definition) is 2. The second-order valence-electron chi connectivity index (χ2n) is 4.92. The molecule has 0 aliphatic heterocycles. The molecule has 6 nitrogen and oxygen atoms in total. The van der Waals surface area contributed by atoms with Crippen LogP contribution in [0.3, 0.4) is 0 Å². The van der Waals surface area contributed by atoms with Crippen molar-refractivity contribution in [2.45, 2.75) is 6.54 Å². The fourth-order valence-corrected chi connectivity index (χ4v) is 2.41. The lowest BCUT2D eigenvalue weighted by atomic mass is 10.1. The van der Waals surface area contributed by atoms with Crippen molar-refractivity contribution in [1.29, 1.82) is 0 Å². The number of imidazole rings is 1. The van der Waals surface area contributed by atoms with Crippen LogP contribution in [0.25, 0.3) is 11.0 Å². The summed E-state index contributed by atoms with van der Waals surface area (Å²) < 4.78 is 10.5. The molecule has 0 unspecified atom stereocenters. The van der Waals surface area contributed by atoms with Gasteiger partial charge in [0, 0.05) is 0 Å². The number of carbonyl (C=O) groups is 1. The molecular weight excluding hydrogens is 294 g/mol. The molecule has 0 saturated carbocycles. The lowest BCUT2D eigenvalue weighted by Gasteiger charge is -2.12. The molecule has 1 amide bonds. The molecule has 6 heteroatoms. The molecule has 2 aromatic carbocycles. The number of aromatic amines is 1. The van der Waals surface area contributed by atoms with Crippen LogP contribution in [-0.2, 0) is 6.54 Å². The number of H-pyrrole nitrogens is 1. The summed E-state index contributed by atoms with van der Waals surface area (Å²) in [6, 6.07) is 12.9. The normalized spacial score (nSPS) is 10.5. The number of rotatable bonds is 5. The molecule has 1 aromatic heterocycles. The minimum absolute atomic E-state index is 0.249. The number of carbonyl (C=O) groups excluding carboxylic acids is 1. The van der Waals surface area contributed by atoms with Crippen molar-refractivity contribution in [3.63, 3.8) is 0 Å². The average molecular weight is 311 g/mol. The Morgan fingerprint density at radius 3 is 2.70 bits per heavy atom. The van der Waals surface area contributed by atoms with Gasteiger partial charge in [-0.3, -0.25) is 4.79 Å². The quantitative estimate of drug-likeness (QED) is 0.759. The van der Waals surface area contributed by atoms with Crippen LogP contribution < -0.4 is 14.8 Å². The third kappa shape index (κ3) is 2.96. The van der Waals surface area contributed by atoms with E-state index in [1.165, 1.54) is 14.2 Å². The van der Waals surface area contributed by atoms with E-state index in [0.29, 0.717) is 29.4 Å². The highest BCUT2D eigenvalue weighted by Crippen LogP contribution is 2.30. The Morgan fingerprint density at radius 1 is 1.13 bits per heavy atom. The van der Waals surface area contributed by atoms with E-state index in [2.05, 4.69) is 15.3 Å². The lowest BCUT2D eigenvalue weighted by Crippen LogP contribution is -2.24. The van der Waals surface area contributed by atoms with Gasteiger partial charge in [0.15, 0.2) is 11.5 Å². The molecule has 0 saturated heterocycles. The van der Waals surface area contributed by atoms with Gasteiger partial charge in [-0.25, -0.2) is 4.98 Å². The summed E-state index contributed by atoms with van der Waals surface area (Å²) in [4.78, 5) is 20.0. The number of amides is 1. The van der Waals surface area contributed by atoms with Gasteiger partial charge in [0.05, 0.1) is 37.4 Å². The molecule has 0 spiro atoms. The molecule has 1 heterocycles. The van der Waals surface area contributed by atoms with Crippen molar-refractivity contribution in [2.75, 3.05) is 14.2 Å². The predicted molar refractivity (Wildman–Crippen MR) is 86.8 cm³/mol. The van der Waals surface area contributed by atoms with Gasteiger partial charge in [-0.1, -0.05) is 18.2 Å². The van der Waals surface area contributed by atoms with E-state index >= 15 is 0 Å². The summed E-state index contributed by atoms with van der Waals surface area (Å²) in [6.45, 7) is 0.299. The topological polar surface area (TPSA) is 76.2 Å². The summed E-state index contributed by atoms with van der Waals surface area (Å²) in [5.74, 6) is 1.38. The Hall–Kier alpha value is -3.02. The summed E-state index contributed by atoms with van der Waals surface area (Å²) in [5, 5.41) is 2.83. The molecule has 2 N–H and O–H groups in total. The van der Waals surface area contributed by atoms with Gasteiger partial charge in [0.1, 0.15) is 5.82 Å². The van der Waals surface area contributed by atoms with E-state index < -0.39 is 0 Å². The van der Waals surface area contributed by atoms with Gasteiger partial charge in [-0.05, 0) is 24.3 Å². The molecule has 23 heavy (non-hydrogen) atoms. The minimum atomic E-state index is -0.249. The number of aromatic nitrogens is 2. The van der Waals surface area contributed by atoms with Crippen molar-refractivity contribution in [1.82, 2.24) is 15.3 Å². The van der Waals surface area contributed by atoms with Crippen LogP contribution in [0.4, 0.5) is 0 Å². The van der Waals surface area contributed by atoms with E-state index in [0.717, 1.165) is 11.0 Å². The maximum Gasteiger partial charge on any atom is 0.255 e. The van der Waals surface area contributed by atoms with Gasteiger partial charge in [-0.15, -0.1) is 0 Å². The first-order valence-electron chi connectivity index (χ1n) is 7.15. The molecule has 0 radical (unpaired) electrons. The van der Waals surface area contributed by atoms with E-state index in [9.17, 15) is 4.79 Å². The number of benzene rings is 2. The second-order valence-corrected chi connectivity index (χ2v) is 4.92. The Labute approximate surface area is 133 Å². The zero-order valence-electron chi connectivity index (χ0n) is 12.9. The number of fused-ring (bicyclic) bond motifs is 1. The van der Waals surface area contributed by atoms with Crippen molar-refractivity contribution >= 4 is 16.9 Å². The maximum atomic E-state index is 12.4. The number of para-hydroxylation sites is 3. The minimum Gasteiger partial charge on any atom is -0.493 e. The number of nitrogens with one attached hydrogen (secondary N) is 2. The Kier molecular flexibility index (Phi) is 4.14. The molecule has 3 aromatic rings. The molecule has 0 aliphatic carbocycles. The number of hydrogen-bond acceptors (Lipinski definition) is 4. The molecule has 0 fully saturated rings.